The monoisotopic (exact) mass is 348 g/mol. The molecule has 0 radical (unpaired) electrons. The summed E-state index contributed by atoms with van der Waals surface area (Å²) >= 11 is 9.23. The maximum Gasteiger partial charge on any atom is 0.0441 e. The van der Waals surface area contributed by atoms with Crippen LogP contribution < -0.4 is 0 Å². The average molecular weight is 350 g/mol. The van der Waals surface area contributed by atoms with Gasteiger partial charge in [0.25, 0.3) is 0 Å². The van der Waals surface area contributed by atoms with Gasteiger partial charge in [-0.15, -0.1) is 13.2 Å². The van der Waals surface area contributed by atoms with Gasteiger partial charge in [0, 0.05) is 9.50 Å². The predicted octanol–water partition coefficient (Wildman–Crippen LogP) is 6.25. The van der Waals surface area contributed by atoms with Crippen LogP contribution in [0, 0.1) is 0 Å². The molecule has 0 N–H and O–H groups in total. The molecule has 0 aromatic heterocycles. The Morgan fingerprint density at radius 3 is 2.05 bits per heavy atom. The molecule has 0 nitrogen and oxygen atoms in total. The van der Waals surface area contributed by atoms with Gasteiger partial charge in [-0.3, -0.25) is 0 Å². The van der Waals surface area contributed by atoms with Gasteiger partial charge < -0.3 is 0 Å². The first-order valence-corrected chi connectivity index (χ1v) is 7.54. The zero-order valence-electron chi connectivity index (χ0n) is 11.4. The summed E-state index contributed by atoms with van der Waals surface area (Å²) in [6.45, 7) is 7.31. The number of hydrogen-bond acceptors (Lipinski definition) is 0. The van der Waals surface area contributed by atoms with E-state index in [9.17, 15) is 0 Å². The smallest absolute Gasteiger partial charge is 0.0441 e. The fourth-order valence-electron chi connectivity index (χ4n) is 1.61. The van der Waals surface area contributed by atoms with Gasteiger partial charge in [-0.2, -0.15) is 0 Å². The molecular weight excluding hydrogens is 332 g/mol. The highest BCUT2D eigenvalue weighted by molar-refractivity contribution is 9.10. The quantitative estimate of drug-likeness (QED) is 0.573. The highest BCUT2D eigenvalue weighted by atomic mass is 79.9. The molecule has 0 aliphatic carbocycles. The summed E-state index contributed by atoms with van der Waals surface area (Å²) < 4.78 is 1.13. The topological polar surface area (TPSA) is 0 Å². The molecule has 0 fully saturated rings. The van der Waals surface area contributed by atoms with E-state index in [-0.39, 0.29) is 0 Å². The van der Waals surface area contributed by atoms with Crippen LogP contribution in [0.2, 0.25) is 5.02 Å². The number of hydrogen-bond donors (Lipinski definition) is 0. The summed E-state index contributed by atoms with van der Waals surface area (Å²) in [5.74, 6) is 0. The van der Waals surface area contributed by atoms with Crippen LogP contribution in [0.3, 0.4) is 0 Å². The van der Waals surface area contributed by atoms with E-state index in [1.165, 1.54) is 5.56 Å². The minimum absolute atomic E-state index is 0.822. The maximum absolute atomic E-state index is 5.86. The van der Waals surface area contributed by atoms with Crippen molar-refractivity contribution in [1.29, 1.82) is 0 Å². The van der Waals surface area contributed by atoms with Crippen molar-refractivity contribution in [3.8, 4) is 0 Å². The third kappa shape index (κ3) is 6.23. The summed E-state index contributed by atoms with van der Waals surface area (Å²) in [5, 5.41) is 0.822. The average Bonchev–Trinajstić information content (AvgIpc) is 2.45. The van der Waals surface area contributed by atoms with Crippen molar-refractivity contribution in [1.82, 2.24) is 0 Å². The molecule has 0 spiro atoms. The van der Waals surface area contributed by atoms with Gasteiger partial charge in [-0.05, 0) is 42.2 Å². The van der Waals surface area contributed by atoms with Crippen molar-refractivity contribution in [2.75, 3.05) is 0 Å². The van der Waals surface area contributed by atoms with Gasteiger partial charge in [-0.1, -0.05) is 70.0 Å². The minimum Gasteiger partial charge on any atom is -0.103 e. The molecule has 0 saturated carbocycles. The van der Waals surface area contributed by atoms with Crippen LogP contribution in [0.25, 0.3) is 0 Å². The van der Waals surface area contributed by atoms with Gasteiger partial charge in [-0.25, -0.2) is 0 Å². The third-order valence-corrected chi connectivity index (χ3v) is 3.51. The second-order valence-electron chi connectivity index (χ2n) is 4.20. The number of allylic oxidation sites excluding steroid dienone is 2. The van der Waals surface area contributed by atoms with E-state index in [0.29, 0.717) is 0 Å². The second kappa shape index (κ2) is 9.57. The Bertz CT molecular complexity index is 544. The lowest BCUT2D eigenvalue weighted by Crippen LogP contribution is -1.79. The molecule has 2 rings (SSSR count). The van der Waals surface area contributed by atoms with Crippen molar-refractivity contribution < 1.29 is 0 Å². The molecule has 2 aromatic carbocycles. The van der Waals surface area contributed by atoms with Gasteiger partial charge in [0.15, 0.2) is 0 Å². The molecule has 2 heteroatoms. The van der Waals surface area contributed by atoms with Crippen LogP contribution in [0.4, 0.5) is 0 Å². The summed E-state index contributed by atoms with van der Waals surface area (Å²) in [5.41, 5.74) is 2.44. The minimum atomic E-state index is 0.822. The van der Waals surface area contributed by atoms with E-state index in [1.807, 2.05) is 48.6 Å². The van der Waals surface area contributed by atoms with E-state index in [0.717, 1.165) is 27.9 Å². The van der Waals surface area contributed by atoms with Crippen LogP contribution in [0.1, 0.15) is 11.1 Å². The fraction of sp³-hybridized carbons (Fsp3) is 0.111. The highest BCUT2D eigenvalue weighted by Gasteiger charge is 1.93. The lowest BCUT2D eigenvalue weighted by molar-refractivity contribution is 1.27. The van der Waals surface area contributed by atoms with Crippen molar-refractivity contribution in [3.05, 3.63) is 94.5 Å². The fourth-order valence-corrected chi connectivity index (χ4v) is 2.08. The number of benzene rings is 2. The molecular formula is C18H18BrCl. The molecule has 0 saturated heterocycles. The molecule has 0 bridgehead atoms. The first kappa shape index (κ1) is 16.7. The molecule has 20 heavy (non-hydrogen) atoms. The van der Waals surface area contributed by atoms with E-state index in [4.69, 9.17) is 11.6 Å². The zero-order chi connectivity index (χ0) is 14.8. The normalized spacial score (nSPS) is 9.30. The first-order chi connectivity index (χ1) is 9.67. The standard InChI is InChI=1S/C9H9Br.C9H9Cl/c1-2-3-8-4-6-9(10)7-5-8;1-2-5-8-6-3-4-7-9(8)10/h2,4-7H,1,3H2;2-4,6-7H,1,5H2. The van der Waals surface area contributed by atoms with Crippen LogP contribution in [-0.4, -0.2) is 0 Å². The van der Waals surface area contributed by atoms with Crippen LogP contribution in [-0.2, 0) is 12.8 Å². The SMILES string of the molecule is C=CCc1ccc(Br)cc1.C=CCc1ccccc1Cl. The van der Waals surface area contributed by atoms with Gasteiger partial charge in [0.05, 0.1) is 0 Å². The van der Waals surface area contributed by atoms with E-state index in [1.54, 1.807) is 0 Å². The van der Waals surface area contributed by atoms with Crippen molar-refractivity contribution in [2.45, 2.75) is 12.8 Å². The Kier molecular flexibility index (Phi) is 8.01. The van der Waals surface area contributed by atoms with Crippen molar-refractivity contribution in [2.24, 2.45) is 0 Å². The molecule has 104 valence electrons. The lowest BCUT2D eigenvalue weighted by atomic mass is 10.1. The predicted molar refractivity (Wildman–Crippen MR) is 93.4 cm³/mol. The Balaban J connectivity index is 0.000000200. The van der Waals surface area contributed by atoms with Gasteiger partial charge >= 0.3 is 0 Å². The third-order valence-electron chi connectivity index (χ3n) is 2.62. The molecule has 2 aromatic rings. The van der Waals surface area contributed by atoms with Gasteiger partial charge in [0.2, 0.25) is 0 Å². The highest BCUT2D eigenvalue weighted by Crippen LogP contribution is 2.15. The van der Waals surface area contributed by atoms with Gasteiger partial charge in [0.1, 0.15) is 0 Å². The molecule has 0 unspecified atom stereocenters. The van der Waals surface area contributed by atoms with Crippen molar-refractivity contribution in [3.63, 3.8) is 0 Å². The first-order valence-electron chi connectivity index (χ1n) is 6.37. The molecule has 0 aliphatic heterocycles. The Morgan fingerprint density at radius 1 is 0.900 bits per heavy atom. The van der Waals surface area contributed by atoms with Crippen LogP contribution in [0.5, 0.6) is 0 Å². The summed E-state index contributed by atoms with van der Waals surface area (Å²) in [4.78, 5) is 0. The summed E-state index contributed by atoms with van der Waals surface area (Å²) in [6, 6.07) is 16.1. The lowest BCUT2D eigenvalue weighted by Gasteiger charge is -1.97. The van der Waals surface area contributed by atoms with E-state index in [2.05, 4.69) is 41.2 Å². The van der Waals surface area contributed by atoms with E-state index < -0.39 is 0 Å². The molecule has 0 amide bonds. The summed E-state index contributed by atoms with van der Waals surface area (Å²) in [7, 11) is 0. The van der Waals surface area contributed by atoms with Crippen molar-refractivity contribution >= 4 is 27.5 Å². The van der Waals surface area contributed by atoms with E-state index >= 15 is 0 Å². The Morgan fingerprint density at radius 2 is 1.50 bits per heavy atom. The largest absolute Gasteiger partial charge is 0.103 e. The Hall–Kier alpha value is -1.31. The maximum atomic E-state index is 5.86. The zero-order valence-corrected chi connectivity index (χ0v) is 13.7. The number of halogens is 2. The number of rotatable bonds is 4. The summed E-state index contributed by atoms with van der Waals surface area (Å²) in [6.07, 6.45) is 5.55. The Labute approximate surface area is 134 Å². The molecule has 0 heterocycles. The molecule has 0 atom stereocenters. The van der Waals surface area contributed by atoms with Crippen LogP contribution >= 0.6 is 27.5 Å². The molecule has 0 aliphatic rings. The van der Waals surface area contributed by atoms with Crippen LogP contribution in [0.15, 0.2) is 78.3 Å². The second-order valence-corrected chi connectivity index (χ2v) is 5.53.